The number of amides is 1. The van der Waals surface area contributed by atoms with Crippen molar-refractivity contribution in [2.24, 2.45) is 5.92 Å². The average molecular weight is 380 g/mol. The second-order valence-electron chi connectivity index (χ2n) is 6.97. The number of nitrogens with zero attached hydrogens (tertiary/aromatic N) is 1. The van der Waals surface area contributed by atoms with Crippen molar-refractivity contribution < 1.29 is 19.0 Å². The summed E-state index contributed by atoms with van der Waals surface area (Å²) in [5, 5.41) is 6.08. The summed E-state index contributed by atoms with van der Waals surface area (Å²) in [6.07, 6.45) is -0.0458. The van der Waals surface area contributed by atoms with Crippen molar-refractivity contribution in [1.82, 2.24) is 15.5 Å². The van der Waals surface area contributed by atoms with Gasteiger partial charge in [0.15, 0.2) is 11.5 Å². The number of likely N-dealkylation sites (N-methyl/N-ethyl adjacent to an activating group) is 1. The largest absolute Gasteiger partial charge is 0.490 e. The molecule has 1 aliphatic rings. The molecule has 152 valence electrons. The Labute approximate surface area is 162 Å². The first-order valence-electron chi connectivity index (χ1n) is 9.68. The molecule has 0 spiro atoms. The minimum Gasteiger partial charge on any atom is -0.490 e. The molecule has 2 N–H and O–H groups in total. The molecule has 0 radical (unpaired) electrons. The highest BCUT2D eigenvalue weighted by molar-refractivity contribution is 5.81. The lowest BCUT2D eigenvalue weighted by Gasteiger charge is -2.33. The van der Waals surface area contributed by atoms with Crippen molar-refractivity contribution in [3.63, 3.8) is 0 Å². The zero-order chi connectivity index (χ0) is 19.6. The van der Waals surface area contributed by atoms with Crippen LogP contribution in [-0.4, -0.2) is 69.6 Å². The topological polar surface area (TPSA) is 72.1 Å². The lowest BCUT2D eigenvalue weighted by atomic mass is 10.0. The number of carbonyl (C=O) groups excluding carboxylic acids is 1. The summed E-state index contributed by atoms with van der Waals surface area (Å²) < 4.78 is 17.3. The van der Waals surface area contributed by atoms with E-state index in [0.717, 1.165) is 18.0 Å². The maximum Gasteiger partial charge on any atom is 0.238 e. The Morgan fingerprint density at radius 2 is 2.00 bits per heavy atom. The van der Waals surface area contributed by atoms with Gasteiger partial charge in [0.25, 0.3) is 0 Å². The van der Waals surface area contributed by atoms with E-state index in [1.54, 1.807) is 0 Å². The molecule has 1 aliphatic heterocycles. The van der Waals surface area contributed by atoms with E-state index in [9.17, 15) is 4.79 Å². The molecule has 1 aromatic carbocycles. The number of benzene rings is 1. The van der Waals surface area contributed by atoms with Gasteiger partial charge in [0, 0.05) is 13.1 Å². The lowest BCUT2D eigenvalue weighted by molar-refractivity contribution is -0.125. The van der Waals surface area contributed by atoms with Crippen molar-refractivity contribution in [2.45, 2.75) is 32.9 Å². The Morgan fingerprint density at radius 1 is 1.30 bits per heavy atom. The predicted molar refractivity (Wildman–Crippen MR) is 105 cm³/mol. The highest BCUT2D eigenvalue weighted by Crippen LogP contribution is 2.26. The molecule has 0 bridgehead atoms. The average Bonchev–Trinajstić information content (AvgIpc) is 2.66. The molecule has 0 aliphatic carbocycles. The SMILES string of the molecule is CCOc1ccccc1OCC1CN(CNC(=O)[C@H](NC)C(C)C)CCO1. The Bertz CT molecular complexity index is 582. The summed E-state index contributed by atoms with van der Waals surface area (Å²) in [6.45, 7) is 9.69. The van der Waals surface area contributed by atoms with Crippen molar-refractivity contribution in [3.8, 4) is 11.5 Å². The van der Waals surface area contributed by atoms with Gasteiger partial charge in [-0.1, -0.05) is 26.0 Å². The van der Waals surface area contributed by atoms with Gasteiger partial charge in [0.2, 0.25) is 5.91 Å². The van der Waals surface area contributed by atoms with E-state index in [0.29, 0.717) is 33.0 Å². The monoisotopic (exact) mass is 379 g/mol. The van der Waals surface area contributed by atoms with E-state index in [-0.39, 0.29) is 24.0 Å². The first kappa shape index (κ1) is 21.5. The number of hydrogen-bond donors (Lipinski definition) is 2. The Hall–Kier alpha value is -1.83. The van der Waals surface area contributed by atoms with Crippen LogP contribution in [-0.2, 0) is 9.53 Å². The molecule has 0 aromatic heterocycles. The molecule has 1 heterocycles. The second kappa shape index (κ2) is 11.1. The van der Waals surface area contributed by atoms with Gasteiger partial charge in [-0.05, 0) is 32.0 Å². The van der Waals surface area contributed by atoms with Crippen LogP contribution in [0.15, 0.2) is 24.3 Å². The predicted octanol–water partition coefficient (Wildman–Crippen LogP) is 1.48. The molecule has 7 heteroatoms. The summed E-state index contributed by atoms with van der Waals surface area (Å²) in [5.74, 6) is 1.73. The molecule has 1 saturated heterocycles. The molecule has 2 rings (SSSR count). The van der Waals surface area contributed by atoms with Crippen LogP contribution in [0.1, 0.15) is 20.8 Å². The van der Waals surface area contributed by atoms with Crippen LogP contribution in [0.25, 0.3) is 0 Å². The van der Waals surface area contributed by atoms with Crippen LogP contribution < -0.4 is 20.1 Å². The second-order valence-corrected chi connectivity index (χ2v) is 6.97. The fourth-order valence-corrected chi connectivity index (χ4v) is 3.12. The number of ether oxygens (including phenoxy) is 3. The zero-order valence-corrected chi connectivity index (χ0v) is 16.9. The summed E-state index contributed by atoms with van der Waals surface area (Å²) in [7, 11) is 1.81. The van der Waals surface area contributed by atoms with Crippen LogP contribution in [0.2, 0.25) is 0 Å². The summed E-state index contributed by atoms with van der Waals surface area (Å²) in [5.41, 5.74) is 0. The number of hydrogen-bond acceptors (Lipinski definition) is 6. The maximum atomic E-state index is 12.3. The van der Waals surface area contributed by atoms with E-state index >= 15 is 0 Å². The van der Waals surface area contributed by atoms with Gasteiger partial charge in [-0.25, -0.2) is 0 Å². The van der Waals surface area contributed by atoms with E-state index in [4.69, 9.17) is 14.2 Å². The fraction of sp³-hybridized carbons (Fsp3) is 0.650. The van der Waals surface area contributed by atoms with Gasteiger partial charge >= 0.3 is 0 Å². The molecule has 1 amide bonds. The van der Waals surface area contributed by atoms with Crippen molar-refractivity contribution in [3.05, 3.63) is 24.3 Å². The molecule has 1 aromatic rings. The normalized spacial score (nSPS) is 18.9. The van der Waals surface area contributed by atoms with Gasteiger partial charge in [-0.2, -0.15) is 0 Å². The van der Waals surface area contributed by atoms with Gasteiger partial charge in [0.1, 0.15) is 12.7 Å². The first-order valence-corrected chi connectivity index (χ1v) is 9.68. The van der Waals surface area contributed by atoms with Crippen LogP contribution in [0, 0.1) is 5.92 Å². The minimum absolute atomic E-state index is 0.0254. The molecule has 7 nitrogen and oxygen atoms in total. The first-order chi connectivity index (χ1) is 13.0. The molecule has 27 heavy (non-hydrogen) atoms. The van der Waals surface area contributed by atoms with Crippen molar-refractivity contribution in [2.75, 3.05) is 46.6 Å². The number of morpholine rings is 1. The number of para-hydroxylation sites is 2. The van der Waals surface area contributed by atoms with Gasteiger partial charge < -0.3 is 24.8 Å². The van der Waals surface area contributed by atoms with E-state index < -0.39 is 0 Å². The smallest absolute Gasteiger partial charge is 0.238 e. The number of nitrogens with one attached hydrogen (secondary N) is 2. The Kier molecular flexibility index (Phi) is 8.84. The van der Waals surface area contributed by atoms with Crippen LogP contribution in [0.5, 0.6) is 11.5 Å². The highest BCUT2D eigenvalue weighted by atomic mass is 16.5. The van der Waals surface area contributed by atoms with Crippen LogP contribution in [0.4, 0.5) is 0 Å². The molecule has 1 fully saturated rings. The summed E-state index contributed by atoms with van der Waals surface area (Å²) in [6, 6.07) is 7.47. The van der Waals surface area contributed by atoms with E-state index in [2.05, 4.69) is 15.5 Å². The minimum atomic E-state index is -0.180. The molecular formula is C20H33N3O4. The third kappa shape index (κ3) is 6.68. The van der Waals surface area contributed by atoms with Gasteiger partial charge in [0.05, 0.1) is 25.9 Å². The molecule has 1 unspecified atom stereocenters. The maximum absolute atomic E-state index is 12.3. The van der Waals surface area contributed by atoms with Crippen LogP contribution in [0.3, 0.4) is 0 Å². The van der Waals surface area contributed by atoms with Crippen LogP contribution >= 0.6 is 0 Å². The standard InChI is InChI=1S/C20H33N3O4/c1-5-25-17-8-6-7-9-18(17)27-13-16-12-23(10-11-26-16)14-22-20(24)19(21-4)15(2)3/h6-9,15-16,19,21H,5,10-14H2,1-4H3,(H,22,24)/t16?,19-/m1/s1. The third-order valence-electron chi connectivity index (χ3n) is 4.53. The van der Waals surface area contributed by atoms with Crippen molar-refractivity contribution in [1.29, 1.82) is 0 Å². The quantitative estimate of drug-likeness (QED) is 0.642. The number of rotatable bonds is 10. The lowest BCUT2D eigenvalue weighted by Crippen LogP contribution is -2.52. The molecular weight excluding hydrogens is 346 g/mol. The summed E-state index contributed by atoms with van der Waals surface area (Å²) in [4.78, 5) is 14.5. The third-order valence-corrected chi connectivity index (χ3v) is 4.53. The molecule has 2 atom stereocenters. The zero-order valence-electron chi connectivity index (χ0n) is 16.9. The Balaban J connectivity index is 1.80. The molecule has 0 saturated carbocycles. The summed E-state index contributed by atoms with van der Waals surface area (Å²) >= 11 is 0. The van der Waals surface area contributed by atoms with Gasteiger partial charge in [-0.15, -0.1) is 0 Å². The van der Waals surface area contributed by atoms with Crippen molar-refractivity contribution >= 4 is 5.91 Å². The Morgan fingerprint density at radius 3 is 2.63 bits per heavy atom. The van der Waals surface area contributed by atoms with E-state index in [1.165, 1.54) is 0 Å². The van der Waals surface area contributed by atoms with Gasteiger partial charge in [-0.3, -0.25) is 9.69 Å². The number of carbonyl (C=O) groups is 1. The highest BCUT2D eigenvalue weighted by Gasteiger charge is 2.24. The fourth-order valence-electron chi connectivity index (χ4n) is 3.12. The van der Waals surface area contributed by atoms with E-state index in [1.807, 2.05) is 52.1 Å².